The fraction of sp³-hybridized carbons (Fsp3) is 0.588. The van der Waals surface area contributed by atoms with E-state index in [1.165, 1.54) is 12.8 Å². The predicted octanol–water partition coefficient (Wildman–Crippen LogP) is 3.18. The Bertz CT molecular complexity index is 465. The molecule has 1 aromatic rings. The lowest BCUT2D eigenvalue weighted by atomic mass is 9.98. The molecule has 2 atom stereocenters. The van der Waals surface area contributed by atoms with Crippen LogP contribution >= 0.6 is 0 Å². The van der Waals surface area contributed by atoms with Crippen LogP contribution in [0, 0.1) is 0 Å². The first-order valence-electron chi connectivity index (χ1n) is 8.06. The number of nitrogens with one attached hydrogen (secondary N) is 1. The van der Waals surface area contributed by atoms with E-state index in [2.05, 4.69) is 12.2 Å². The molecular formula is C17H24N2O2. The Morgan fingerprint density at radius 1 is 1.24 bits per heavy atom. The largest absolute Gasteiger partial charge is 0.415 e. The van der Waals surface area contributed by atoms with Gasteiger partial charge in [0.25, 0.3) is 0 Å². The second-order valence-corrected chi connectivity index (χ2v) is 6.14. The molecule has 2 aliphatic heterocycles. The molecule has 1 N–H and O–H groups in total. The van der Waals surface area contributed by atoms with Gasteiger partial charge in [0.15, 0.2) is 0 Å². The highest BCUT2D eigenvalue weighted by atomic mass is 16.6. The van der Waals surface area contributed by atoms with Gasteiger partial charge in [-0.1, -0.05) is 25.1 Å². The highest BCUT2D eigenvalue weighted by molar-refractivity contribution is 5.71. The maximum atomic E-state index is 12.5. The number of rotatable bonds is 4. The van der Waals surface area contributed by atoms with E-state index in [4.69, 9.17) is 4.74 Å². The van der Waals surface area contributed by atoms with E-state index >= 15 is 0 Å². The van der Waals surface area contributed by atoms with Crippen molar-refractivity contribution in [3.63, 3.8) is 0 Å². The van der Waals surface area contributed by atoms with E-state index in [0.717, 1.165) is 25.8 Å². The normalized spacial score (nSPS) is 27.4. The van der Waals surface area contributed by atoms with Gasteiger partial charge >= 0.3 is 6.09 Å². The van der Waals surface area contributed by atoms with Crippen molar-refractivity contribution in [1.82, 2.24) is 10.2 Å². The number of carbonyl (C=O) groups excluding carboxylic acids is 1. The van der Waals surface area contributed by atoms with Crippen LogP contribution in [0.15, 0.2) is 30.3 Å². The van der Waals surface area contributed by atoms with Gasteiger partial charge < -0.3 is 15.0 Å². The fourth-order valence-electron chi connectivity index (χ4n) is 3.59. The van der Waals surface area contributed by atoms with E-state index in [1.807, 2.05) is 35.2 Å². The van der Waals surface area contributed by atoms with Gasteiger partial charge in [0.1, 0.15) is 5.75 Å². The van der Waals surface area contributed by atoms with Crippen molar-refractivity contribution in [3.05, 3.63) is 30.3 Å². The first-order valence-corrected chi connectivity index (χ1v) is 8.06. The number of ether oxygens (including phenoxy) is 1. The molecule has 4 heteroatoms. The third-order valence-electron chi connectivity index (χ3n) is 4.54. The summed E-state index contributed by atoms with van der Waals surface area (Å²) in [5.41, 5.74) is 0. The third-order valence-corrected chi connectivity index (χ3v) is 4.54. The van der Waals surface area contributed by atoms with Gasteiger partial charge in [0, 0.05) is 24.7 Å². The zero-order valence-corrected chi connectivity index (χ0v) is 12.6. The van der Waals surface area contributed by atoms with Crippen LogP contribution in [0.3, 0.4) is 0 Å². The van der Waals surface area contributed by atoms with Gasteiger partial charge in [-0.25, -0.2) is 4.79 Å². The molecule has 2 saturated heterocycles. The second-order valence-electron chi connectivity index (χ2n) is 6.14. The van der Waals surface area contributed by atoms with Crippen LogP contribution in [-0.2, 0) is 0 Å². The molecule has 0 radical (unpaired) electrons. The molecule has 0 aliphatic carbocycles. The SMILES string of the molecule is CCCN(C(=O)Oc1ccccc1)C1CC2CCC(C1)N2. The quantitative estimate of drug-likeness (QED) is 0.925. The highest BCUT2D eigenvalue weighted by Crippen LogP contribution is 2.30. The molecule has 2 unspecified atom stereocenters. The van der Waals surface area contributed by atoms with Crippen molar-refractivity contribution in [2.45, 2.75) is 57.2 Å². The molecule has 0 saturated carbocycles. The van der Waals surface area contributed by atoms with Gasteiger partial charge in [-0.3, -0.25) is 0 Å². The monoisotopic (exact) mass is 288 g/mol. The van der Waals surface area contributed by atoms with Crippen LogP contribution in [0.1, 0.15) is 39.0 Å². The number of hydrogen-bond donors (Lipinski definition) is 1. The first kappa shape index (κ1) is 14.4. The molecule has 2 bridgehead atoms. The van der Waals surface area contributed by atoms with Gasteiger partial charge in [-0.15, -0.1) is 0 Å². The first-order chi connectivity index (χ1) is 10.3. The van der Waals surface area contributed by atoms with Crippen molar-refractivity contribution in [3.8, 4) is 5.75 Å². The number of carbonyl (C=O) groups is 1. The Labute approximate surface area is 126 Å². The molecule has 2 aliphatic rings. The molecule has 114 valence electrons. The van der Waals surface area contributed by atoms with Crippen LogP contribution in [-0.4, -0.2) is 35.7 Å². The van der Waals surface area contributed by atoms with Gasteiger partial charge in [0.2, 0.25) is 0 Å². The molecule has 1 aromatic carbocycles. The Balaban J connectivity index is 1.67. The second kappa shape index (κ2) is 6.48. The lowest BCUT2D eigenvalue weighted by Gasteiger charge is -2.37. The lowest BCUT2D eigenvalue weighted by Crippen LogP contribution is -2.51. The van der Waals surface area contributed by atoms with E-state index in [9.17, 15) is 4.79 Å². The molecule has 4 nitrogen and oxygen atoms in total. The average Bonchev–Trinajstić information content (AvgIpc) is 2.84. The van der Waals surface area contributed by atoms with Crippen molar-refractivity contribution < 1.29 is 9.53 Å². The molecular weight excluding hydrogens is 264 g/mol. The van der Waals surface area contributed by atoms with Crippen molar-refractivity contribution in [2.24, 2.45) is 0 Å². The van der Waals surface area contributed by atoms with E-state index in [0.29, 0.717) is 23.9 Å². The zero-order chi connectivity index (χ0) is 14.7. The number of benzene rings is 1. The summed E-state index contributed by atoms with van der Waals surface area (Å²) < 4.78 is 5.54. The molecule has 3 rings (SSSR count). The smallest absolute Gasteiger partial charge is 0.410 e. The topological polar surface area (TPSA) is 41.6 Å². The summed E-state index contributed by atoms with van der Waals surface area (Å²) in [6.45, 7) is 2.88. The highest BCUT2D eigenvalue weighted by Gasteiger charge is 2.37. The predicted molar refractivity (Wildman–Crippen MR) is 82.4 cm³/mol. The Morgan fingerprint density at radius 2 is 1.90 bits per heavy atom. The number of para-hydroxylation sites is 1. The third kappa shape index (κ3) is 3.38. The molecule has 0 spiro atoms. The molecule has 2 heterocycles. The van der Waals surface area contributed by atoms with Crippen molar-refractivity contribution in [1.29, 1.82) is 0 Å². The molecule has 0 aromatic heterocycles. The van der Waals surface area contributed by atoms with Crippen LogP contribution < -0.4 is 10.1 Å². The summed E-state index contributed by atoms with van der Waals surface area (Å²) in [6.07, 6.45) is 5.36. The van der Waals surface area contributed by atoms with E-state index in [1.54, 1.807) is 0 Å². The number of piperidine rings is 1. The van der Waals surface area contributed by atoms with Gasteiger partial charge in [-0.2, -0.15) is 0 Å². The van der Waals surface area contributed by atoms with Gasteiger partial charge in [-0.05, 0) is 44.2 Å². The maximum Gasteiger partial charge on any atom is 0.415 e. The number of amides is 1. The summed E-state index contributed by atoms with van der Waals surface area (Å²) in [6, 6.07) is 10.8. The summed E-state index contributed by atoms with van der Waals surface area (Å²) in [4.78, 5) is 14.5. The summed E-state index contributed by atoms with van der Waals surface area (Å²) >= 11 is 0. The number of hydrogen-bond acceptors (Lipinski definition) is 3. The summed E-state index contributed by atoms with van der Waals surface area (Å²) in [7, 11) is 0. The molecule has 21 heavy (non-hydrogen) atoms. The zero-order valence-electron chi connectivity index (χ0n) is 12.6. The van der Waals surface area contributed by atoms with Crippen LogP contribution in [0.5, 0.6) is 5.75 Å². The van der Waals surface area contributed by atoms with Crippen molar-refractivity contribution >= 4 is 6.09 Å². The Kier molecular flexibility index (Phi) is 4.44. The minimum Gasteiger partial charge on any atom is -0.410 e. The van der Waals surface area contributed by atoms with E-state index < -0.39 is 0 Å². The minimum atomic E-state index is -0.200. The Morgan fingerprint density at radius 3 is 2.52 bits per heavy atom. The Hall–Kier alpha value is -1.55. The number of fused-ring (bicyclic) bond motifs is 2. The molecule has 2 fully saturated rings. The maximum absolute atomic E-state index is 12.5. The van der Waals surface area contributed by atoms with Crippen LogP contribution in [0.2, 0.25) is 0 Å². The van der Waals surface area contributed by atoms with Crippen LogP contribution in [0.4, 0.5) is 4.79 Å². The number of nitrogens with zero attached hydrogens (tertiary/aromatic N) is 1. The van der Waals surface area contributed by atoms with E-state index in [-0.39, 0.29) is 6.09 Å². The average molecular weight is 288 g/mol. The summed E-state index contributed by atoms with van der Waals surface area (Å²) in [5.74, 6) is 0.625. The standard InChI is InChI=1S/C17H24N2O2/c1-2-10-19(15-11-13-8-9-14(12-15)18-13)17(20)21-16-6-4-3-5-7-16/h3-7,13-15,18H,2,8-12H2,1H3. The lowest BCUT2D eigenvalue weighted by molar-refractivity contribution is 0.111. The van der Waals surface area contributed by atoms with Gasteiger partial charge in [0.05, 0.1) is 0 Å². The fourth-order valence-corrected chi connectivity index (χ4v) is 3.59. The molecule has 1 amide bonds. The van der Waals surface area contributed by atoms with Crippen LogP contribution in [0.25, 0.3) is 0 Å². The summed E-state index contributed by atoms with van der Waals surface area (Å²) in [5, 5.41) is 3.63. The van der Waals surface area contributed by atoms with Crippen molar-refractivity contribution in [2.75, 3.05) is 6.54 Å². The minimum absolute atomic E-state index is 0.200.